The van der Waals surface area contributed by atoms with E-state index in [0.29, 0.717) is 33.9 Å². The van der Waals surface area contributed by atoms with E-state index >= 15 is 0 Å². The van der Waals surface area contributed by atoms with Crippen molar-refractivity contribution in [2.45, 2.75) is 0 Å². The van der Waals surface area contributed by atoms with Gasteiger partial charge in [-0.05, 0) is 65.6 Å². The molecule has 266 valence electrons. The Morgan fingerprint density at radius 1 is 0.421 bits per heavy atom. The lowest BCUT2D eigenvalue weighted by atomic mass is 10.0. The molecule has 0 atom stereocenters. The van der Waals surface area contributed by atoms with Gasteiger partial charge in [-0.2, -0.15) is 0 Å². The third kappa shape index (κ3) is 5.01. The second kappa shape index (κ2) is 12.3. The molecule has 6 heteroatoms. The van der Waals surface area contributed by atoms with Crippen molar-refractivity contribution >= 4 is 65.7 Å². The molecule has 0 aliphatic rings. The van der Waals surface area contributed by atoms with Crippen LogP contribution in [0.25, 0.3) is 117 Å². The van der Waals surface area contributed by atoms with E-state index in [9.17, 15) is 4.11 Å². The van der Waals surface area contributed by atoms with Crippen LogP contribution in [0.5, 0.6) is 0 Å². The minimum absolute atomic E-state index is 0.0421. The van der Waals surface area contributed by atoms with Crippen LogP contribution in [0.4, 0.5) is 0 Å². The average molecular weight is 742 g/mol. The van der Waals surface area contributed by atoms with Crippen molar-refractivity contribution in [1.82, 2.24) is 19.5 Å². The third-order valence-electron chi connectivity index (χ3n) is 10.2. The van der Waals surface area contributed by atoms with Gasteiger partial charge in [0.25, 0.3) is 0 Å². The molecular weight excluding hydrogens is 701 g/mol. The van der Waals surface area contributed by atoms with E-state index in [1.54, 1.807) is 0 Å². The Balaban J connectivity index is 1.07. The molecule has 8 aromatic carbocycles. The molecule has 0 saturated heterocycles. The molecule has 0 aliphatic carbocycles. The fourth-order valence-electron chi connectivity index (χ4n) is 7.63. The first-order chi connectivity index (χ1) is 32.8. The molecule has 0 amide bonds. The maximum atomic E-state index is 9.60. The molecule has 0 spiro atoms. The summed E-state index contributed by atoms with van der Waals surface area (Å²) in [6.45, 7) is 0. The van der Waals surface area contributed by atoms with Crippen molar-refractivity contribution in [2.24, 2.45) is 0 Å². The van der Waals surface area contributed by atoms with Crippen molar-refractivity contribution in [3.05, 3.63) is 182 Å². The number of para-hydroxylation sites is 2. The number of nitrogens with zero attached hydrogens (tertiary/aromatic N) is 4. The van der Waals surface area contributed by atoms with Crippen molar-refractivity contribution in [2.75, 3.05) is 0 Å². The topological polar surface area (TPSA) is 69.9 Å². The molecule has 0 radical (unpaired) electrons. The van der Waals surface area contributed by atoms with E-state index in [2.05, 4.69) is 0 Å². The maximum absolute atomic E-state index is 9.60. The van der Waals surface area contributed by atoms with Crippen LogP contribution in [0.3, 0.4) is 0 Å². The van der Waals surface area contributed by atoms with E-state index in [4.69, 9.17) is 34.8 Å². The van der Waals surface area contributed by atoms with Crippen LogP contribution in [0.2, 0.25) is 0 Å². The smallest absolute Gasteiger partial charge is 0.164 e. The predicted octanol–water partition coefficient (Wildman–Crippen LogP) is 13.4. The molecule has 0 fully saturated rings. The highest BCUT2D eigenvalue weighted by atomic mass is 16.3. The molecule has 0 aliphatic heterocycles. The highest BCUT2D eigenvalue weighted by Gasteiger charge is 2.20. The van der Waals surface area contributed by atoms with Crippen molar-refractivity contribution in [1.29, 1.82) is 0 Å². The summed E-state index contributed by atoms with van der Waals surface area (Å²) in [5, 5.41) is 1.77. The summed E-state index contributed by atoms with van der Waals surface area (Å²) >= 11 is 0. The van der Waals surface area contributed by atoms with E-state index in [1.807, 2.05) is 97.1 Å². The summed E-state index contributed by atoms with van der Waals surface area (Å²) in [7, 11) is 0. The zero-order valence-corrected chi connectivity index (χ0v) is 29.6. The summed E-state index contributed by atoms with van der Waals surface area (Å²) in [4.78, 5) is 14.8. The fourth-order valence-corrected chi connectivity index (χ4v) is 7.63. The van der Waals surface area contributed by atoms with Gasteiger partial charge in [-0.3, -0.25) is 0 Å². The van der Waals surface area contributed by atoms with Crippen LogP contribution < -0.4 is 0 Å². The number of hydrogen-bond acceptors (Lipinski definition) is 5. The summed E-state index contributed by atoms with van der Waals surface area (Å²) in [6.07, 6.45) is 0. The maximum Gasteiger partial charge on any atom is 0.164 e. The minimum atomic E-state index is -0.577. The van der Waals surface area contributed by atoms with Gasteiger partial charge in [-0.15, -0.1) is 0 Å². The first kappa shape index (κ1) is 22.5. The van der Waals surface area contributed by atoms with Crippen LogP contribution in [0, 0.1) is 0 Å². The fraction of sp³-hybridized carbons (Fsp3) is 0. The van der Waals surface area contributed by atoms with Crippen molar-refractivity contribution < 1.29 is 23.9 Å². The lowest BCUT2D eigenvalue weighted by Crippen LogP contribution is -2.00. The monoisotopic (exact) mass is 741 g/mol. The summed E-state index contributed by atoms with van der Waals surface area (Å²) < 4.78 is 112. The molecule has 0 unspecified atom stereocenters. The molecule has 57 heavy (non-hydrogen) atoms. The Hall–Kier alpha value is -7.83. The lowest BCUT2D eigenvalue weighted by molar-refractivity contribution is 0.668. The average Bonchev–Trinajstić information content (AvgIpc) is 4.06. The number of benzene rings is 8. The summed E-state index contributed by atoms with van der Waals surface area (Å²) in [5.41, 5.74) is 4.71. The minimum Gasteiger partial charge on any atom is -0.456 e. The van der Waals surface area contributed by atoms with E-state index in [1.165, 1.54) is 22.8 Å². The number of aromatic nitrogens is 4. The van der Waals surface area contributed by atoms with Gasteiger partial charge in [0.05, 0.1) is 26.1 Å². The molecular formula is C51H30N4O2. The first-order valence-corrected chi connectivity index (χ1v) is 18.1. The Kier molecular flexibility index (Phi) is 4.88. The molecule has 0 N–H and O–H groups in total. The van der Waals surface area contributed by atoms with E-state index in [-0.39, 0.29) is 78.9 Å². The molecule has 0 bridgehead atoms. The SMILES string of the molecule is [2H]c1c([2H])c([2H])c2c(c1[2H])c1c([2H])c([2H])c([2H])c([2H])c1n2-c1cc([2H])c2c(c1)oc1c([2H])c(-c3nc(-c4ccccc4)nc(-c4cccc5oc6cc(-c7ccccc7)ccc6c45)n3)cc([2H])c12. The van der Waals surface area contributed by atoms with E-state index in [0.717, 1.165) is 21.9 Å². The molecule has 4 aromatic heterocycles. The zero-order valence-electron chi connectivity index (χ0n) is 40.6. The summed E-state index contributed by atoms with van der Waals surface area (Å²) in [5.74, 6) is 0.703. The van der Waals surface area contributed by atoms with Crippen LogP contribution in [-0.2, 0) is 0 Å². The largest absolute Gasteiger partial charge is 0.456 e. The highest BCUT2D eigenvalue weighted by Crippen LogP contribution is 2.40. The van der Waals surface area contributed by atoms with Crippen molar-refractivity contribution in [3.63, 3.8) is 0 Å². The van der Waals surface area contributed by atoms with Gasteiger partial charge in [-0.1, -0.05) is 121 Å². The number of fused-ring (bicyclic) bond motifs is 9. The third-order valence-corrected chi connectivity index (χ3v) is 10.2. The molecule has 6 nitrogen and oxygen atoms in total. The second-order valence-electron chi connectivity index (χ2n) is 13.5. The van der Waals surface area contributed by atoms with Gasteiger partial charge < -0.3 is 13.4 Å². The Morgan fingerprint density at radius 2 is 1.05 bits per heavy atom. The van der Waals surface area contributed by atoms with Crippen LogP contribution in [0.1, 0.15) is 15.1 Å². The number of furan rings is 2. The molecule has 0 saturated carbocycles. The molecule has 4 heterocycles. The summed E-state index contributed by atoms with van der Waals surface area (Å²) in [6, 6.07) is 30.7. The van der Waals surface area contributed by atoms with Gasteiger partial charge in [0, 0.05) is 60.8 Å². The number of rotatable bonds is 5. The van der Waals surface area contributed by atoms with Gasteiger partial charge >= 0.3 is 0 Å². The Labute approximate surface area is 341 Å². The van der Waals surface area contributed by atoms with Crippen LogP contribution in [-0.4, -0.2) is 19.5 Å². The van der Waals surface area contributed by atoms with Gasteiger partial charge in [0.2, 0.25) is 0 Å². The standard InChI is InChI=1S/C51H30N4O2/c1-3-12-31(13-4-1)33-22-26-40-46(28-33)56-44-21-11-18-41(48(40)44)51-53-49(32-14-5-2-6-15-32)52-50(54-51)34-23-25-38-39-27-24-35(30-47(39)57-45(38)29-34)55-42-19-9-7-16-36(42)37-17-8-10-20-43(37)55/h1-30H/i7D,8D,9D,10D,16D,17D,19D,20D,25D,27D,29D. The molecule has 12 rings (SSSR count). The van der Waals surface area contributed by atoms with E-state index < -0.39 is 48.3 Å². The van der Waals surface area contributed by atoms with Gasteiger partial charge in [0.15, 0.2) is 17.5 Å². The Bertz CT molecular complexity index is 4090. The van der Waals surface area contributed by atoms with Crippen LogP contribution >= 0.6 is 0 Å². The molecule has 12 aromatic rings. The van der Waals surface area contributed by atoms with Crippen molar-refractivity contribution in [3.8, 4) is 51.0 Å². The van der Waals surface area contributed by atoms with Gasteiger partial charge in [0.1, 0.15) is 22.3 Å². The predicted molar refractivity (Wildman–Crippen MR) is 230 cm³/mol. The normalized spacial score (nSPS) is 14.6. The zero-order chi connectivity index (χ0) is 47.0. The quantitative estimate of drug-likeness (QED) is 0.176. The second-order valence-corrected chi connectivity index (χ2v) is 13.5. The lowest BCUT2D eigenvalue weighted by Gasteiger charge is -2.09. The Morgan fingerprint density at radius 3 is 1.82 bits per heavy atom. The van der Waals surface area contributed by atoms with Crippen LogP contribution in [0.15, 0.2) is 191 Å². The van der Waals surface area contributed by atoms with Gasteiger partial charge in [-0.25, -0.2) is 15.0 Å². The first-order valence-electron chi connectivity index (χ1n) is 23.6. The number of hydrogen-bond donors (Lipinski definition) is 0. The highest BCUT2D eigenvalue weighted by molar-refractivity contribution is 6.13.